The van der Waals surface area contributed by atoms with Crippen molar-refractivity contribution in [2.24, 2.45) is 0 Å². The SMILES string of the molecule is COc1ccc(Br)c(-c2nc(C(C)C)c(Br)c(=O)[nH]2)c1. The number of nitrogens with zero attached hydrogens (tertiary/aromatic N) is 1. The number of rotatable bonds is 3. The van der Waals surface area contributed by atoms with Gasteiger partial charge >= 0.3 is 0 Å². The molecule has 0 saturated carbocycles. The number of ether oxygens (including phenoxy) is 1. The van der Waals surface area contributed by atoms with E-state index in [-0.39, 0.29) is 11.5 Å². The summed E-state index contributed by atoms with van der Waals surface area (Å²) in [6.45, 7) is 3.99. The van der Waals surface area contributed by atoms with E-state index < -0.39 is 0 Å². The highest BCUT2D eigenvalue weighted by Crippen LogP contribution is 2.30. The molecule has 0 amide bonds. The lowest BCUT2D eigenvalue weighted by Crippen LogP contribution is -2.14. The second kappa shape index (κ2) is 6.10. The second-order valence-corrected chi connectivity index (χ2v) is 6.26. The highest BCUT2D eigenvalue weighted by Gasteiger charge is 2.15. The lowest BCUT2D eigenvalue weighted by molar-refractivity contribution is 0.415. The molecule has 0 bridgehead atoms. The first kappa shape index (κ1) is 15.3. The Morgan fingerprint density at radius 3 is 2.60 bits per heavy atom. The van der Waals surface area contributed by atoms with E-state index in [4.69, 9.17) is 4.74 Å². The topological polar surface area (TPSA) is 55.0 Å². The Hall–Kier alpha value is -1.14. The van der Waals surface area contributed by atoms with Crippen LogP contribution in [0.2, 0.25) is 0 Å². The molecule has 0 fully saturated rings. The minimum Gasteiger partial charge on any atom is -0.497 e. The average molecular weight is 402 g/mol. The van der Waals surface area contributed by atoms with Gasteiger partial charge in [0.15, 0.2) is 0 Å². The third-order valence-electron chi connectivity index (χ3n) is 2.86. The second-order valence-electron chi connectivity index (χ2n) is 4.61. The summed E-state index contributed by atoms with van der Waals surface area (Å²) in [5, 5.41) is 0. The number of nitrogens with one attached hydrogen (secondary N) is 1. The van der Waals surface area contributed by atoms with Crippen LogP contribution in [0.1, 0.15) is 25.5 Å². The first-order chi connectivity index (χ1) is 9.43. The molecule has 0 unspecified atom stereocenters. The zero-order valence-electron chi connectivity index (χ0n) is 11.3. The monoisotopic (exact) mass is 400 g/mol. The lowest BCUT2D eigenvalue weighted by atomic mass is 10.1. The predicted molar refractivity (Wildman–Crippen MR) is 86.3 cm³/mol. The van der Waals surface area contributed by atoms with Gasteiger partial charge in [0.1, 0.15) is 16.0 Å². The van der Waals surface area contributed by atoms with E-state index in [0.29, 0.717) is 16.0 Å². The maximum atomic E-state index is 12.0. The molecule has 0 saturated heterocycles. The van der Waals surface area contributed by atoms with E-state index in [1.165, 1.54) is 0 Å². The van der Waals surface area contributed by atoms with Crippen LogP contribution in [-0.4, -0.2) is 17.1 Å². The first-order valence-electron chi connectivity index (χ1n) is 6.07. The van der Waals surface area contributed by atoms with Gasteiger partial charge in [-0.25, -0.2) is 4.98 Å². The van der Waals surface area contributed by atoms with Gasteiger partial charge in [0.2, 0.25) is 0 Å². The molecule has 106 valence electrons. The molecule has 0 radical (unpaired) electrons. The fraction of sp³-hybridized carbons (Fsp3) is 0.286. The fourth-order valence-electron chi connectivity index (χ4n) is 1.80. The van der Waals surface area contributed by atoms with Crippen molar-refractivity contribution in [1.82, 2.24) is 9.97 Å². The predicted octanol–water partition coefficient (Wildman–Crippen LogP) is 4.09. The normalized spacial score (nSPS) is 10.9. The van der Waals surface area contributed by atoms with Crippen molar-refractivity contribution >= 4 is 31.9 Å². The van der Waals surface area contributed by atoms with Crippen molar-refractivity contribution in [1.29, 1.82) is 0 Å². The Balaban J connectivity index is 2.67. The summed E-state index contributed by atoms with van der Waals surface area (Å²) in [7, 11) is 1.60. The summed E-state index contributed by atoms with van der Waals surface area (Å²) >= 11 is 6.76. The zero-order chi connectivity index (χ0) is 14.9. The molecular formula is C14H14Br2N2O2. The van der Waals surface area contributed by atoms with E-state index in [1.54, 1.807) is 7.11 Å². The highest BCUT2D eigenvalue weighted by molar-refractivity contribution is 9.10. The van der Waals surface area contributed by atoms with Crippen molar-refractivity contribution in [2.75, 3.05) is 7.11 Å². The maximum absolute atomic E-state index is 12.0. The first-order valence-corrected chi connectivity index (χ1v) is 7.66. The van der Waals surface area contributed by atoms with Gasteiger partial charge in [0.25, 0.3) is 5.56 Å². The van der Waals surface area contributed by atoms with Crippen LogP contribution in [0.4, 0.5) is 0 Å². The Bertz CT molecular complexity index is 696. The average Bonchev–Trinajstić information content (AvgIpc) is 2.42. The van der Waals surface area contributed by atoms with Crippen LogP contribution < -0.4 is 10.3 Å². The Labute approximate surface area is 133 Å². The Kier molecular flexibility index (Phi) is 4.65. The standard InChI is InChI=1S/C14H14Br2N2O2/c1-7(2)12-11(16)14(19)18-13(17-12)9-6-8(20-3)4-5-10(9)15/h4-7H,1-3H3,(H,17,18,19). The molecule has 1 N–H and O–H groups in total. The summed E-state index contributed by atoms with van der Waals surface area (Å²) in [5.41, 5.74) is 1.34. The number of H-pyrrole nitrogens is 1. The minimum atomic E-state index is -0.187. The van der Waals surface area contributed by atoms with Crippen molar-refractivity contribution < 1.29 is 4.74 Å². The molecular weight excluding hydrogens is 388 g/mol. The van der Waals surface area contributed by atoms with E-state index in [0.717, 1.165) is 15.7 Å². The van der Waals surface area contributed by atoms with Gasteiger partial charge in [-0.1, -0.05) is 29.8 Å². The van der Waals surface area contributed by atoms with Gasteiger partial charge in [-0.15, -0.1) is 0 Å². The van der Waals surface area contributed by atoms with Gasteiger partial charge < -0.3 is 9.72 Å². The highest BCUT2D eigenvalue weighted by atomic mass is 79.9. The van der Waals surface area contributed by atoms with Gasteiger partial charge in [0, 0.05) is 10.0 Å². The molecule has 1 aromatic heterocycles. The molecule has 0 aliphatic heterocycles. The van der Waals surface area contributed by atoms with Gasteiger partial charge in [-0.05, 0) is 40.0 Å². The Morgan fingerprint density at radius 1 is 1.30 bits per heavy atom. The van der Waals surface area contributed by atoms with Crippen molar-refractivity contribution in [3.63, 3.8) is 0 Å². The number of hydrogen-bond acceptors (Lipinski definition) is 3. The summed E-state index contributed by atoms with van der Waals surface area (Å²) < 4.78 is 6.54. The molecule has 6 heteroatoms. The number of aromatic amines is 1. The smallest absolute Gasteiger partial charge is 0.265 e. The Morgan fingerprint density at radius 2 is 2.00 bits per heavy atom. The van der Waals surface area contributed by atoms with Crippen LogP contribution in [0.5, 0.6) is 5.75 Å². The largest absolute Gasteiger partial charge is 0.497 e. The molecule has 0 atom stereocenters. The lowest BCUT2D eigenvalue weighted by Gasteiger charge is -2.11. The van der Waals surface area contributed by atoms with Gasteiger partial charge in [-0.2, -0.15) is 0 Å². The van der Waals surface area contributed by atoms with Gasteiger partial charge in [-0.3, -0.25) is 4.79 Å². The fourth-order valence-corrected chi connectivity index (χ4v) is 2.88. The van der Waals surface area contributed by atoms with Crippen LogP contribution in [-0.2, 0) is 0 Å². The van der Waals surface area contributed by atoms with Crippen LogP contribution in [0, 0.1) is 0 Å². The third-order valence-corrected chi connectivity index (χ3v) is 4.32. The molecule has 0 spiro atoms. The molecule has 4 nitrogen and oxygen atoms in total. The van der Waals surface area contributed by atoms with Crippen LogP contribution in [0.25, 0.3) is 11.4 Å². The molecule has 1 aromatic carbocycles. The molecule has 0 aliphatic rings. The van der Waals surface area contributed by atoms with Crippen LogP contribution in [0.15, 0.2) is 31.9 Å². The van der Waals surface area contributed by atoms with Crippen LogP contribution >= 0.6 is 31.9 Å². The summed E-state index contributed by atoms with van der Waals surface area (Å²) in [6, 6.07) is 5.54. The number of hydrogen-bond donors (Lipinski definition) is 1. The third kappa shape index (κ3) is 2.96. The maximum Gasteiger partial charge on any atom is 0.265 e. The van der Waals surface area contributed by atoms with Gasteiger partial charge in [0.05, 0.1) is 12.8 Å². The number of aromatic nitrogens is 2. The van der Waals surface area contributed by atoms with Crippen molar-refractivity contribution in [3.05, 3.63) is 43.2 Å². The summed E-state index contributed by atoms with van der Waals surface area (Å²) in [6.07, 6.45) is 0. The summed E-state index contributed by atoms with van der Waals surface area (Å²) in [4.78, 5) is 19.3. The molecule has 2 aromatic rings. The van der Waals surface area contributed by atoms with E-state index in [1.807, 2.05) is 32.0 Å². The zero-order valence-corrected chi connectivity index (χ0v) is 14.5. The molecule has 2 rings (SSSR count). The van der Waals surface area contributed by atoms with E-state index in [9.17, 15) is 4.79 Å². The van der Waals surface area contributed by atoms with Crippen molar-refractivity contribution in [3.8, 4) is 17.1 Å². The minimum absolute atomic E-state index is 0.148. The van der Waals surface area contributed by atoms with Crippen molar-refractivity contribution in [2.45, 2.75) is 19.8 Å². The quantitative estimate of drug-likeness (QED) is 0.842. The molecule has 1 heterocycles. The van der Waals surface area contributed by atoms with E-state index in [2.05, 4.69) is 41.8 Å². The molecule has 20 heavy (non-hydrogen) atoms. The summed E-state index contributed by atoms with van der Waals surface area (Å²) in [5.74, 6) is 1.38. The molecule has 0 aliphatic carbocycles. The van der Waals surface area contributed by atoms with Crippen LogP contribution in [0.3, 0.4) is 0 Å². The van der Waals surface area contributed by atoms with E-state index >= 15 is 0 Å². The number of benzene rings is 1. The number of methoxy groups -OCH3 is 1. The number of halogens is 2.